The zero-order valence-electron chi connectivity index (χ0n) is 11.1. The Balaban J connectivity index is 2.06. The first-order chi connectivity index (χ1) is 8.11. The molecule has 0 radical (unpaired) electrons. The fourth-order valence-corrected chi connectivity index (χ4v) is 2.52. The smallest absolute Gasteiger partial charge is 0.0366 e. The minimum absolute atomic E-state index is 0.506. The standard InChI is InChI=1S/C15H24N2/c1-15(2)8-3-10-17(11-9-15)14-6-4-13(12-16)5-7-14/h4-7H,3,8-12,16H2,1-2H3. The van der Waals surface area contributed by atoms with Crippen molar-refractivity contribution in [2.24, 2.45) is 11.1 Å². The van der Waals surface area contributed by atoms with Gasteiger partial charge in [-0.3, -0.25) is 0 Å². The van der Waals surface area contributed by atoms with Gasteiger partial charge in [0.05, 0.1) is 0 Å². The van der Waals surface area contributed by atoms with E-state index < -0.39 is 0 Å². The number of benzene rings is 1. The molecule has 1 aliphatic rings. The Kier molecular flexibility index (Phi) is 3.72. The van der Waals surface area contributed by atoms with E-state index in [4.69, 9.17) is 5.73 Å². The second-order valence-corrected chi connectivity index (χ2v) is 5.88. The van der Waals surface area contributed by atoms with E-state index in [1.54, 1.807) is 0 Å². The summed E-state index contributed by atoms with van der Waals surface area (Å²) >= 11 is 0. The van der Waals surface area contributed by atoms with Gasteiger partial charge in [0.25, 0.3) is 0 Å². The summed E-state index contributed by atoms with van der Waals surface area (Å²) in [5.41, 5.74) is 8.69. The second kappa shape index (κ2) is 5.09. The van der Waals surface area contributed by atoms with Crippen LogP contribution in [0.4, 0.5) is 5.69 Å². The lowest BCUT2D eigenvalue weighted by Crippen LogP contribution is -2.24. The maximum atomic E-state index is 5.63. The van der Waals surface area contributed by atoms with Gasteiger partial charge in [0.1, 0.15) is 0 Å². The number of anilines is 1. The molecule has 2 rings (SSSR count). The van der Waals surface area contributed by atoms with E-state index in [0.717, 1.165) is 0 Å². The van der Waals surface area contributed by atoms with Crippen LogP contribution in [0.15, 0.2) is 24.3 Å². The summed E-state index contributed by atoms with van der Waals surface area (Å²) in [5, 5.41) is 0. The summed E-state index contributed by atoms with van der Waals surface area (Å²) in [6.45, 7) is 7.76. The van der Waals surface area contributed by atoms with Crippen molar-refractivity contribution in [1.82, 2.24) is 0 Å². The van der Waals surface area contributed by atoms with Gasteiger partial charge in [0, 0.05) is 25.3 Å². The summed E-state index contributed by atoms with van der Waals surface area (Å²) in [4.78, 5) is 2.51. The van der Waals surface area contributed by atoms with Crippen LogP contribution < -0.4 is 10.6 Å². The lowest BCUT2D eigenvalue weighted by Gasteiger charge is -2.25. The maximum Gasteiger partial charge on any atom is 0.0366 e. The molecule has 2 heteroatoms. The van der Waals surface area contributed by atoms with Crippen molar-refractivity contribution in [2.45, 2.75) is 39.7 Å². The summed E-state index contributed by atoms with van der Waals surface area (Å²) in [5.74, 6) is 0. The summed E-state index contributed by atoms with van der Waals surface area (Å²) < 4.78 is 0. The monoisotopic (exact) mass is 232 g/mol. The average Bonchev–Trinajstić information content (AvgIpc) is 2.50. The highest BCUT2D eigenvalue weighted by atomic mass is 15.1. The third-order valence-electron chi connectivity index (χ3n) is 3.88. The van der Waals surface area contributed by atoms with Gasteiger partial charge >= 0.3 is 0 Å². The summed E-state index contributed by atoms with van der Waals surface area (Å²) in [7, 11) is 0. The Hall–Kier alpha value is -1.02. The zero-order valence-corrected chi connectivity index (χ0v) is 11.1. The molecule has 0 bridgehead atoms. The van der Waals surface area contributed by atoms with Crippen LogP contribution in [0.3, 0.4) is 0 Å². The lowest BCUT2D eigenvalue weighted by atomic mass is 9.85. The van der Waals surface area contributed by atoms with Crippen LogP contribution in [0.2, 0.25) is 0 Å². The third-order valence-corrected chi connectivity index (χ3v) is 3.88. The summed E-state index contributed by atoms with van der Waals surface area (Å²) in [6, 6.07) is 8.71. The largest absolute Gasteiger partial charge is 0.372 e. The highest BCUT2D eigenvalue weighted by molar-refractivity contribution is 5.47. The quantitative estimate of drug-likeness (QED) is 0.848. The van der Waals surface area contributed by atoms with Gasteiger partial charge in [-0.05, 0) is 42.4 Å². The molecule has 2 nitrogen and oxygen atoms in total. The molecule has 0 aliphatic carbocycles. The molecule has 1 aliphatic heterocycles. The van der Waals surface area contributed by atoms with E-state index >= 15 is 0 Å². The van der Waals surface area contributed by atoms with E-state index in [9.17, 15) is 0 Å². The Bertz CT molecular complexity index is 354. The molecule has 17 heavy (non-hydrogen) atoms. The Labute approximate surface area is 105 Å². The molecule has 0 spiro atoms. The fourth-order valence-electron chi connectivity index (χ4n) is 2.52. The molecular weight excluding hydrogens is 208 g/mol. The van der Waals surface area contributed by atoms with Gasteiger partial charge in [-0.2, -0.15) is 0 Å². The molecule has 1 saturated heterocycles. The van der Waals surface area contributed by atoms with Crippen LogP contribution in [0.25, 0.3) is 0 Å². The topological polar surface area (TPSA) is 29.3 Å². The van der Waals surface area contributed by atoms with Gasteiger partial charge < -0.3 is 10.6 Å². The Morgan fingerprint density at radius 1 is 1.12 bits per heavy atom. The van der Waals surface area contributed by atoms with E-state index in [2.05, 4.69) is 43.0 Å². The van der Waals surface area contributed by atoms with Crippen molar-refractivity contribution in [3.8, 4) is 0 Å². The second-order valence-electron chi connectivity index (χ2n) is 5.88. The van der Waals surface area contributed by atoms with Crippen LogP contribution in [-0.2, 0) is 6.54 Å². The Morgan fingerprint density at radius 3 is 2.47 bits per heavy atom. The van der Waals surface area contributed by atoms with Crippen molar-refractivity contribution in [2.75, 3.05) is 18.0 Å². The first-order valence-corrected chi connectivity index (χ1v) is 6.65. The molecule has 0 amide bonds. The van der Waals surface area contributed by atoms with Gasteiger partial charge in [-0.25, -0.2) is 0 Å². The van der Waals surface area contributed by atoms with Crippen LogP contribution in [0, 0.1) is 5.41 Å². The van der Waals surface area contributed by atoms with E-state index in [0.29, 0.717) is 12.0 Å². The van der Waals surface area contributed by atoms with Gasteiger partial charge in [-0.15, -0.1) is 0 Å². The van der Waals surface area contributed by atoms with Crippen molar-refractivity contribution in [3.63, 3.8) is 0 Å². The van der Waals surface area contributed by atoms with Crippen molar-refractivity contribution in [1.29, 1.82) is 0 Å². The molecule has 0 saturated carbocycles. The number of hydrogen-bond acceptors (Lipinski definition) is 2. The molecule has 1 heterocycles. The highest BCUT2D eigenvalue weighted by Crippen LogP contribution is 2.31. The lowest BCUT2D eigenvalue weighted by molar-refractivity contribution is 0.325. The van der Waals surface area contributed by atoms with Crippen LogP contribution >= 0.6 is 0 Å². The van der Waals surface area contributed by atoms with E-state index in [1.165, 1.54) is 43.6 Å². The third kappa shape index (κ3) is 3.22. The molecule has 94 valence electrons. The molecule has 0 unspecified atom stereocenters. The molecule has 0 aromatic heterocycles. The molecule has 1 fully saturated rings. The first-order valence-electron chi connectivity index (χ1n) is 6.65. The van der Waals surface area contributed by atoms with E-state index in [1.807, 2.05) is 0 Å². The van der Waals surface area contributed by atoms with Crippen molar-refractivity contribution < 1.29 is 0 Å². The normalized spacial score (nSPS) is 20.1. The highest BCUT2D eigenvalue weighted by Gasteiger charge is 2.22. The number of nitrogens with two attached hydrogens (primary N) is 1. The van der Waals surface area contributed by atoms with Gasteiger partial charge in [0.15, 0.2) is 0 Å². The average molecular weight is 232 g/mol. The fraction of sp³-hybridized carbons (Fsp3) is 0.600. The number of nitrogens with zero attached hydrogens (tertiary/aromatic N) is 1. The zero-order chi connectivity index (χ0) is 12.3. The molecule has 1 aromatic rings. The first kappa shape index (κ1) is 12.4. The minimum atomic E-state index is 0.506. The minimum Gasteiger partial charge on any atom is -0.372 e. The predicted octanol–water partition coefficient (Wildman–Crippen LogP) is 3.16. The predicted molar refractivity (Wildman–Crippen MR) is 74.2 cm³/mol. The van der Waals surface area contributed by atoms with Crippen LogP contribution in [0.1, 0.15) is 38.7 Å². The Morgan fingerprint density at radius 2 is 1.82 bits per heavy atom. The van der Waals surface area contributed by atoms with E-state index in [-0.39, 0.29) is 0 Å². The van der Waals surface area contributed by atoms with Gasteiger partial charge in [-0.1, -0.05) is 26.0 Å². The number of hydrogen-bond donors (Lipinski definition) is 1. The maximum absolute atomic E-state index is 5.63. The summed E-state index contributed by atoms with van der Waals surface area (Å²) in [6.07, 6.45) is 3.92. The molecular formula is C15H24N2. The van der Waals surface area contributed by atoms with Crippen molar-refractivity contribution in [3.05, 3.63) is 29.8 Å². The molecule has 0 atom stereocenters. The SMILES string of the molecule is CC1(C)CCCN(c2ccc(CN)cc2)CC1. The van der Waals surface area contributed by atoms with Crippen LogP contribution in [0.5, 0.6) is 0 Å². The number of rotatable bonds is 2. The van der Waals surface area contributed by atoms with Crippen LogP contribution in [-0.4, -0.2) is 13.1 Å². The van der Waals surface area contributed by atoms with Gasteiger partial charge in [0.2, 0.25) is 0 Å². The molecule has 2 N–H and O–H groups in total. The molecule has 1 aromatic carbocycles. The van der Waals surface area contributed by atoms with Crippen molar-refractivity contribution >= 4 is 5.69 Å².